The van der Waals surface area contributed by atoms with Crippen molar-refractivity contribution in [2.24, 2.45) is 16.6 Å². The van der Waals surface area contributed by atoms with Gasteiger partial charge in [-0.3, -0.25) is 14.9 Å². The van der Waals surface area contributed by atoms with Gasteiger partial charge in [0.1, 0.15) is 0 Å². The number of piperidine rings is 1. The molecule has 0 spiro atoms. The Balaban J connectivity index is 1.77. The van der Waals surface area contributed by atoms with Crippen molar-refractivity contribution in [2.75, 3.05) is 26.7 Å². The molecule has 0 radical (unpaired) electrons. The number of urea groups is 1. The van der Waals surface area contributed by atoms with Crippen LogP contribution in [0.25, 0.3) is 0 Å². The fourth-order valence-electron chi connectivity index (χ4n) is 4.09. The highest BCUT2D eigenvalue weighted by Gasteiger charge is 2.49. The fraction of sp³-hybridized carbons (Fsp3) is 0.778. The summed E-state index contributed by atoms with van der Waals surface area (Å²) >= 11 is 0. The van der Waals surface area contributed by atoms with Crippen molar-refractivity contribution < 1.29 is 14.4 Å². The maximum absolute atomic E-state index is 12.5. The number of unbranched alkanes of at least 4 members (excludes halogenated alkanes) is 3. The van der Waals surface area contributed by atoms with Gasteiger partial charge in [0.25, 0.3) is 5.91 Å². The summed E-state index contributed by atoms with van der Waals surface area (Å²) in [6.45, 7) is 4.25. The Labute approximate surface area is 159 Å². The lowest BCUT2D eigenvalue weighted by Gasteiger charge is -2.39. The second-order valence-electron chi connectivity index (χ2n) is 7.61. The van der Waals surface area contributed by atoms with Crippen molar-refractivity contribution >= 4 is 23.8 Å². The summed E-state index contributed by atoms with van der Waals surface area (Å²) in [4.78, 5) is 46.4. The van der Waals surface area contributed by atoms with Gasteiger partial charge < -0.3 is 20.4 Å². The van der Waals surface area contributed by atoms with Crippen LogP contribution in [0.1, 0.15) is 45.4 Å². The number of aliphatic imine (C=N–C) groups is 1. The van der Waals surface area contributed by atoms with E-state index < -0.39 is 18.2 Å². The van der Waals surface area contributed by atoms with Gasteiger partial charge in [-0.1, -0.05) is 26.2 Å². The number of hydrogen-bond acceptors (Lipinski definition) is 6. The molecule has 0 saturated carbocycles. The molecule has 2 unspecified atom stereocenters. The van der Waals surface area contributed by atoms with E-state index in [1.807, 2.05) is 4.90 Å². The predicted octanol–water partition coefficient (Wildman–Crippen LogP) is 0.312. The number of primary amides is 1. The lowest BCUT2D eigenvalue weighted by atomic mass is 9.96. The van der Waals surface area contributed by atoms with Crippen molar-refractivity contribution in [2.45, 2.75) is 57.7 Å². The molecule has 3 heterocycles. The molecule has 4 amide bonds. The first-order valence-electron chi connectivity index (χ1n) is 9.90. The molecule has 27 heavy (non-hydrogen) atoms. The molecule has 150 valence electrons. The topological polar surface area (TPSA) is 111 Å². The zero-order chi connectivity index (χ0) is 19.6. The molecule has 0 bridgehead atoms. The second kappa shape index (κ2) is 8.14. The van der Waals surface area contributed by atoms with Crippen molar-refractivity contribution in [3.05, 3.63) is 0 Å². The first-order chi connectivity index (χ1) is 12.9. The van der Waals surface area contributed by atoms with Crippen LogP contribution in [-0.2, 0) is 9.59 Å². The largest absolute Gasteiger partial charge is 0.369 e. The zero-order valence-corrected chi connectivity index (χ0v) is 16.2. The number of likely N-dealkylation sites (tertiary alicyclic amines) is 1. The number of guanidine groups is 1. The number of nitrogens with one attached hydrogen (secondary N) is 1. The number of hydrogen-bond donors (Lipinski definition) is 2. The first kappa shape index (κ1) is 19.4. The summed E-state index contributed by atoms with van der Waals surface area (Å²) < 4.78 is 0. The second-order valence-corrected chi connectivity index (χ2v) is 7.61. The molecule has 3 aliphatic rings. The van der Waals surface area contributed by atoms with Crippen LogP contribution >= 0.6 is 0 Å². The smallest absolute Gasteiger partial charge is 0.325 e. The van der Waals surface area contributed by atoms with Crippen LogP contribution < -0.4 is 11.1 Å². The molecule has 9 nitrogen and oxygen atoms in total. The average Bonchev–Trinajstić information content (AvgIpc) is 3.03. The van der Waals surface area contributed by atoms with Crippen molar-refractivity contribution in [1.82, 2.24) is 20.0 Å². The summed E-state index contributed by atoms with van der Waals surface area (Å²) in [5.41, 5.74) is 5.44. The van der Waals surface area contributed by atoms with Gasteiger partial charge in [0.05, 0.1) is 0 Å². The molecular formula is C18H30N6O3. The molecule has 0 aromatic carbocycles. The highest BCUT2D eigenvalue weighted by atomic mass is 16.2. The highest BCUT2D eigenvalue weighted by molar-refractivity contribution is 6.03. The predicted molar refractivity (Wildman–Crippen MR) is 101 cm³/mol. The minimum absolute atomic E-state index is 0.101. The number of carbonyl (C=O) groups excluding carboxylic acids is 3. The minimum atomic E-state index is -0.499. The maximum atomic E-state index is 12.5. The lowest BCUT2D eigenvalue weighted by Crippen LogP contribution is -2.64. The van der Waals surface area contributed by atoms with Gasteiger partial charge in [-0.2, -0.15) is 0 Å². The van der Waals surface area contributed by atoms with Gasteiger partial charge >= 0.3 is 6.03 Å². The van der Waals surface area contributed by atoms with Crippen LogP contribution in [0.3, 0.4) is 0 Å². The van der Waals surface area contributed by atoms with Crippen LogP contribution in [0, 0.1) is 5.92 Å². The molecule has 9 heteroatoms. The Kier molecular flexibility index (Phi) is 5.86. The van der Waals surface area contributed by atoms with Crippen molar-refractivity contribution in [3.63, 3.8) is 0 Å². The summed E-state index contributed by atoms with van der Waals surface area (Å²) in [5, 5.41) is 2.43. The van der Waals surface area contributed by atoms with E-state index in [9.17, 15) is 14.4 Å². The lowest BCUT2D eigenvalue weighted by molar-refractivity contribution is -0.127. The van der Waals surface area contributed by atoms with E-state index in [2.05, 4.69) is 17.1 Å². The SMILES string of the molecule is CCCCCCN1C(N2CCC(C(N)=O)CC2)=NC2C1C(=O)NC(=O)N2C. The van der Waals surface area contributed by atoms with E-state index in [4.69, 9.17) is 10.7 Å². The Bertz CT molecular complexity index is 629. The van der Waals surface area contributed by atoms with Gasteiger partial charge in [-0.15, -0.1) is 0 Å². The minimum Gasteiger partial charge on any atom is -0.369 e. The number of rotatable bonds is 6. The molecule has 3 N–H and O–H groups in total. The standard InChI is InChI=1S/C18H30N6O3/c1-3-4-5-6-9-24-13-15(22(2)18(27)21-16(13)26)20-17(24)23-10-7-12(8-11-23)14(19)25/h12-13,15H,3-11H2,1-2H3,(H2,19,25)(H,21,26,27). The van der Waals surface area contributed by atoms with Gasteiger partial charge in [-0.25, -0.2) is 9.79 Å². The molecule has 3 rings (SSSR count). The summed E-state index contributed by atoms with van der Waals surface area (Å²) in [6, 6.07) is -0.900. The van der Waals surface area contributed by atoms with Crippen LogP contribution in [-0.4, -0.2) is 77.4 Å². The van der Waals surface area contributed by atoms with E-state index in [-0.39, 0.29) is 17.7 Å². The van der Waals surface area contributed by atoms with Gasteiger partial charge in [0.15, 0.2) is 18.2 Å². The van der Waals surface area contributed by atoms with Crippen LogP contribution in [0.2, 0.25) is 0 Å². The zero-order valence-electron chi connectivity index (χ0n) is 16.2. The van der Waals surface area contributed by atoms with E-state index in [1.165, 1.54) is 4.90 Å². The third kappa shape index (κ3) is 3.86. The Morgan fingerprint density at radius 3 is 2.56 bits per heavy atom. The van der Waals surface area contributed by atoms with Crippen molar-refractivity contribution in [3.8, 4) is 0 Å². The Morgan fingerprint density at radius 1 is 1.22 bits per heavy atom. The number of fused-ring (bicyclic) bond motifs is 1. The van der Waals surface area contributed by atoms with Gasteiger partial charge in [-0.05, 0) is 19.3 Å². The number of likely N-dealkylation sites (N-methyl/N-ethyl adjacent to an activating group) is 1. The molecule has 2 saturated heterocycles. The van der Waals surface area contributed by atoms with Crippen molar-refractivity contribution in [1.29, 1.82) is 0 Å². The van der Waals surface area contributed by atoms with E-state index in [0.29, 0.717) is 25.9 Å². The first-order valence-corrected chi connectivity index (χ1v) is 9.90. The number of nitrogens with two attached hydrogens (primary N) is 1. The normalized spacial score (nSPS) is 26.1. The molecule has 0 aromatic rings. The number of nitrogens with zero attached hydrogens (tertiary/aromatic N) is 4. The molecule has 0 aromatic heterocycles. The average molecular weight is 378 g/mol. The van der Waals surface area contributed by atoms with Crippen LogP contribution in [0.15, 0.2) is 4.99 Å². The summed E-state index contributed by atoms with van der Waals surface area (Å²) in [6.07, 6.45) is 5.24. The third-order valence-corrected chi connectivity index (χ3v) is 5.77. The quantitative estimate of drug-likeness (QED) is 0.646. The van der Waals surface area contributed by atoms with Gasteiger partial charge in [0.2, 0.25) is 5.91 Å². The molecule has 2 atom stereocenters. The monoisotopic (exact) mass is 378 g/mol. The van der Waals surface area contributed by atoms with E-state index >= 15 is 0 Å². The fourth-order valence-corrected chi connectivity index (χ4v) is 4.09. The highest BCUT2D eigenvalue weighted by Crippen LogP contribution is 2.28. The molecular weight excluding hydrogens is 348 g/mol. The molecule has 3 aliphatic heterocycles. The van der Waals surface area contributed by atoms with E-state index in [1.54, 1.807) is 7.05 Å². The van der Waals surface area contributed by atoms with Crippen LogP contribution in [0.4, 0.5) is 4.79 Å². The van der Waals surface area contributed by atoms with Crippen LogP contribution in [0.5, 0.6) is 0 Å². The van der Waals surface area contributed by atoms with E-state index in [0.717, 1.165) is 38.2 Å². The number of imide groups is 1. The number of amides is 4. The summed E-state index contributed by atoms with van der Waals surface area (Å²) in [7, 11) is 1.67. The molecule has 2 fully saturated rings. The molecule has 0 aliphatic carbocycles. The van der Waals surface area contributed by atoms with Gasteiger partial charge in [0, 0.05) is 32.6 Å². The Morgan fingerprint density at radius 2 is 1.93 bits per heavy atom. The maximum Gasteiger partial charge on any atom is 0.325 e. The third-order valence-electron chi connectivity index (χ3n) is 5.77. The number of carbonyl (C=O) groups is 3. The summed E-state index contributed by atoms with van der Waals surface area (Å²) in [5.74, 6) is 0.124. The Hall–Kier alpha value is -2.32.